The van der Waals surface area contributed by atoms with Gasteiger partial charge in [-0.1, -0.05) is 57.7 Å². The SMILES string of the molecule is C=CC1=NC(C(C=C)CO)C(COC)c2c1cc(C(C)(C)C)c1ccccc21. The van der Waals surface area contributed by atoms with Gasteiger partial charge in [0, 0.05) is 24.5 Å². The van der Waals surface area contributed by atoms with Crippen LogP contribution in [0.25, 0.3) is 10.8 Å². The molecule has 0 radical (unpaired) electrons. The van der Waals surface area contributed by atoms with Crippen LogP contribution in [0.5, 0.6) is 0 Å². The summed E-state index contributed by atoms with van der Waals surface area (Å²) >= 11 is 0. The highest BCUT2D eigenvalue weighted by Crippen LogP contribution is 2.43. The average molecular weight is 378 g/mol. The van der Waals surface area contributed by atoms with Crippen LogP contribution in [0.2, 0.25) is 0 Å². The van der Waals surface area contributed by atoms with Crippen LogP contribution >= 0.6 is 0 Å². The maximum atomic E-state index is 9.93. The molecular weight excluding hydrogens is 346 g/mol. The summed E-state index contributed by atoms with van der Waals surface area (Å²) in [5.41, 5.74) is 4.54. The van der Waals surface area contributed by atoms with Gasteiger partial charge >= 0.3 is 0 Å². The minimum absolute atomic E-state index is 0.00324. The zero-order valence-electron chi connectivity index (χ0n) is 17.4. The summed E-state index contributed by atoms with van der Waals surface area (Å²) in [5, 5.41) is 12.4. The van der Waals surface area contributed by atoms with E-state index in [-0.39, 0.29) is 29.9 Å². The van der Waals surface area contributed by atoms with Crippen molar-refractivity contribution in [3.05, 3.63) is 72.3 Å². The van der Waals surface area contributed by atoms with Gasteiger partial charge in [0.1, 0.15) is 0 Å². The van der Waals surface area contributed by atoms with Crippen molar-refractivity contribution in [2.24, 2.45) is 10.9 Å². The van der Waals surface area contributed by atoms with E-state index in [1.807, 2.05) is 6.08 Å². The molecule has 28 heavy (non-hydrogen) atoms. The van der Waals surface area contributed by atoms with Crippen LogP contribution in [0, 0.1) is 5.92 Å². The Bertz CT molecular complexity index is 920. The van der Waals surface area contributed by atoms with Crippen LogP contribution in [0.1, 0.15) is 43.4 Å². The smallest absolute Gasteiger partial charge is 0.0682 e. The van der Waals surface area contributed by atoms with Crippen molar-refractivity contribution in [1.29, 1.82) is 0 Å². The number of rotatable bonds is 6. The van der Waals surface area contributed by atoms with Crippen LogP contribution in [0.3, 0.4) is 0 Å². The fourth-order valence-electron chi connectivity index (χ4n) is 4.36. The molecule has 148 valence electrons. The molecule has 1 N–H and O–H groups in total. The van der Waals surface area contributed by atoms with Crippen LogP contribution in [-0.4, -0.2) is 37.2 Å². The number of aliphatic hydroxyl groups is 1. The first-order valence-corrected chi connectivity index (χ1v) is 9.86. The van der Waals surface area contributed by atoms with Gasteiger partial charge in [0.2, 0.25) is 0 Å². The number of benzene rings is 2. The van der Waals surface area contributed by atoms with Gasteiger partial charge in [-0.15, -0.1) is 6.58 Å². The molecule has 0 amide bonds. The molecule has 3 atom stereocenters. The van der Waals surface area contributed by atoms with Gasteiger partial charge in [0.15, 0.2) is 0 Å². The lowest BCUT2D eigenvalue weighted by atomic mass is 9.73. The molecule has 3 heteroatoms. The quantitative estimate of drug-likeness (QED) is 0.718. The zero-order chi connectivity index (χ0) is 20.5. The van der Waals surface area contributed by atoms with E-state index in [0.29, 0.717) is 6.61 Å². The highest BCUT2D eigenvalue weighted by atomic mass is 16.5. The molecule has 0 bridgehead atoms. The lowest BCUT2D eigenvalue weighted by Gasteiger charge is -2.36. The molecular formula is C25H31NO2. The molecule has 0 saturated heterocycles. The van der Waals surface area contributed by atoms with Crippen molar-refractivity contribution in [2.75, 3.05) is 20.3 Å². The predicted molar refractivity (Wildman–Crippen MR) is 119 cm³/mol. The maximum absolute atomic E-state index is 9.93. The van der Waals surface area contributed by atoms with Gasteiger partial charge in [-0.2, -0.15) is 0 Å². The minimum atomic E-state index is -0.135. The van der Waals surface area contributed by atoms with E-state index in [4.69, 9.17) is 9.73 Å². The van der Waals surface area contributed by atoms with Gasteiger partial charge < -0.3 is 9.84 Å². The molecule has 0 spiro atoms. The maximum Gasteiger partial charge on any atom is 0.0682 e. The summed E-state index contributed by atoms with van der Waals surface area (Å²) in [7, 11) is 1.72. The van der Waals surface area contributed by atoms with Crippen molar-refractivity contribution in [1.82, 2.24) is 0 Å². The van der Waals surface area contributed by atoms with E-state index < -0.39 is 0 Å². The van der Waals surface area contributed by atoms with E-state index in [1.54, 1.807) is 13.2 Å². The molecule has 2 aromatic rings. The second-order valence-corrected chi connectivity index (χ2v) is 8.53. The Balaban J connectivity index is 2.39. The van der Waals surface area contributed by atoms with Crippen LogP contribution < -0.4 is 0 Å². The Kier molecular flexibility index (Phi) is 5.87. The summed E-state index contributed by atoms with van der Waals surface area (Å²) in [5.74, 6) is -0.0953. The average Bonchev–Trinajstić information content (AvgIpc) is 2.68. The number of ether oxygens (including phenoxy) is 1. The lowest BCUT2D eigenvalue weighted by molar-refractivity contribution is 0.148. The largest absolute Gasteiger partial charge is 0.396 e. The Morgan fingerprint density at radius 3 is 2.43 bits per heavy atom. The summed E-state index contributed by atoms with van der Waals surface area (Å²) < 4.78 is 5.61. The van der Waals surface area contributed by atoms with E-state index in [0.717, 1.165) is 11.3 Å². The second kappa shape index (κ2) is 8.02. The molecule has 0 aromatic heterocycles. The zero-order valence-corrected chi connectivity index (χ0v) is 17.4. The highest BCUT2D eigenvalue weighted by Gasteiger charge is 2.36. The van der Waals surface area contributed by atoms with E-state index >= 15 is 0 Å². The van der Waals surface area contributed by atoms with Gasteiger partial charge in [-0.25, -0.2) is 0 Å². The molecule has 1 aliphatic heterocycles. The summed E-state index contributed by atoms with van der Waals surface area (Å²) in [6.07, 6.45) is 3.63. The third kappa shape index (κ3) is 3.45. The molecule has 1 heterocycles. The Morgan fingerprint density at radius 1 is 1.21 bits per heavy atom. The number of aliphatic imine (C=N–C) groups is 1. The van der Waals surface area contributed by atoms with Gasteiger partial charge in [0.25, 0.3) is 0 Å². The first-order chi connectivity index (χ1) is 13.4. The Hall–Kier alpha value is -2.23. The normalized spacial score (nSPS) is 20.4. The second-order valence-electron chi connectivity index (χ2n) is 8.53. The van der Waals surface area contributed by atoms with Crippen molar-refractivity contribution in [2.45, 2.75) is 38.1 Å². The summed E-state index contributed by atoms with van der Waals surface area (Å²) in [6, 6.07) is 10.7. The third-order valence-electron chi connectivity index (χ3n) is 5.73. The summed E-state index contributed by atoms with van der Waals surface area (Å²) in [6.45, 7) is 15.2. The number of hydrogen-bond donors (Lipinski definition) is 1. The highest BCUT2D eigenvalue weighted by molar-refractivity contribution is 6.13. The Morgan fingerprint density at radius 2 is 1.89 bits per heavy atom. The fraction of sp³-hybridized carbons (Fsp3) is 0.400. The fourth-order valence-corrected chi connectivity index (χ4v) is 4.36. The number of allylic oxidation sites excluding steroid dienone is 1. The van der Waals surface area contributed by atoms with Crippen LogP contribution in [0.15, 0.2) is 60.6 Å². The third-order valence-corrected chi connectivity index (χ3v) is 5.73. The number of methoxy groups -OCH3 is 1. The van der Waals surface area contributed by atoms with Crippen molar-refractivity contribution < 1.29 is 9.84 Å². The first-order valence-electron chi connectivity index (χ1n) is 9.86. The topological polar surface area (TPSA) is 41.8 Å². The molecule has 1 aliphatic rings. The summed E-state index contributed by atoms with van der Waals surface area (Å²) in [4.78, 5) is 5.00. The minimum Gasteiger partial charge on any atom is -0.396 e. The van der Waals surface area contributed by atoms with Gasteiger partial charge in [-0.3, -0.25) is 4.99 Å². The van der Waals surface area contributed by atoms with Gasteiger partial charge in [-0.05, 0) is 39.5 Å². The number of aliphatic hydroxyl groups excluding tert-OH is 1. The molecule has 3 nitrogen and oxygen atoms in total. The molecule has 0 aliphatic carbocycles. The van der Waals surface area contributed by atoms with Gasteiger partial charge in [0.05, 0.1) is 25.0 Å². The molecule has 0 fully saturated rings. The Labute approximate surface area is 168 Å². The van der Waals surface area contributed by atoms with Crippen molar-refractivity contribution in [3.63, 3.8) is 0 Å². The van der Waals surface area contributed by atoms with Crippen LogP contribution in [-0.2, 0) is 10.2 Å². The number of hydrogen-bond acceptors (Lipinski definition) is 3. The van der Waals surface area contributed by atoms with Crippen molar-refractivity contribution in [3.8, 4) is 0 Å². The molecule has 0 saturated carbocycles. The van der Waals surface area contributed by atoms with Crippen molar-refractivity contribution >= 4 is 16.5 Å². The van der Waals surface area contributed by atoms with Crippen LogP contribution in [0.4, 0.5) is 0 Å². The van der Waals surface area contributed by atoms with E-state index in [2.05, 4.69) is 64.3 Å². The molecule has 3 unspecified atom stereocenters. The van der Waals surface area contributed by atoms with E-state index in [9.17, 15) is 5.11 Å². The first kappa shape index (κ1) is 20.5. The lowest BCUT2D eigenvalue weighted by Crippen LogP contribution is -2.35. The number of fused-ring (bicyclic) bond motifs is 3. The van der Waals surface area contributed by atoms with E-state index in [1.165, 1.54) is 21.9 Å². The number of nitrogens with zero attached hydrogens (tertiary/aromatic N) is 1. The monoisotopic (exact) mass is 377 g/mol. The standard InChI is InChI=1S/C25H31NO2/c1-7-16(14-27)24-20(15-28-6)23-18-12-10-9-11-17(18)21(25(3,4)5)13-19(23)22(8-2)26-24/h7-13,16,20,24,27H,1-2,14-15H2,3-6H3. The molecule has 2 aromatic carbocycles. The predicted octanol–water partition coefficient (Wildman–Crippen LogP) is 5.02. The molecule has 3 rings (SSSR count).